The Morgan fingerprint density at radius 3 is 2.37 bits per heavy atom. The van der Waals surface area contributed by atoms with E-state index in [0.717, 1.165) is 0 Å². The van der Waals surface area contributed by atoms with Gasteiger partial charge in [0.25, 0.3) is 11.5 Å². The topological polar surface area (TPSA) is 82.4 Å². The predicted octanol–water partition coefficient (Wildman–Crippen LogP) is 5.70. The van der Waals surface area contributed by atoms with E-state index in [1.165, 1.54) is 28.5 Å². The van der Waals surface area contributed by atoms with E-state index in [-0.39, 0.29) is 11.5 Å². The second-order valence-electron chi connectivity index (χ2n) is 9.66. The van der Waals surface area contributed by atoms with E-state index in [9.17, 15) is 9.59 Å². The van der Waals surface area contributed by atoms with Gasteiger partial charge in [-0.1, -0.05) is 49.4 Å². The molecule has 0 saturated carbocycles. The lowest BCUT2D eigenvalue weighted by atomic mass is 10.1. The van der Waals surface area contributed by atoms with Crippen molar-refractivity contribution in [3.05, 3.63) is 87.2 Å². The molecule has 0 atom stereocenters. The lowest BCUT2D eigenvalue weighted by Gasteiger charge is -2.16. The summed E-state index contributed by atoms with van der Waals surface area (Å²) in [5.74, 6) is 1.90. The van der Waals surface area contributed by atoms with Crippen molar-refractivity contribution in [3.8, 4) is 17.2 Å². The second kappa shape index (κ2) is 11.7. The van der Waals surface area contributed by atoms with Crippen LogP contribution in [0.25, 0.3) is 16.6 Å². The van der Waals surface area contributed by atoms with E-state index >= 15 is 0 Å². The van der Waals surface area contributed by atoms with Gasteiger partial charge in [-0.15, -0.1) is 0 Å². The van der Waals surface area contributed by atoms with Crippen molar-refractivity contribution in [2.45, 2.75) is 38.6 Å². The number of hydrogen-bond acceptors (Lipinski definition) is 6. The van der Waals surface area contributed by atoms with Gasteiger partial charge in [0.1, 0.15) is 11.5 Å². The third kappa shape index (κ3) is 6.02. The SMILES string of the molecule is COc1cc(OC)cc(-n2c(SCc3cc(C)ccc3C)nc3cc(C(=O)NCC(C)C)ccc3c2=O)c1. The van der Waals surface area contributed by atoms with Gasteiger partial charge in [0.05, 0.1) is 30.8 Å². The van der Waals surface area contributed by atoms with Crippen LogP contribution in [0.3, 0.4) is 0 Å². The maximum absolute atomic E-state index is 13.9. The summed E-state index contributed by atoms with van der Waals surface area (Å²) < 4.78 is 12.5. The number of hydrogen-bond donors (Lipinski definition) is 1. The molecular formula is C30H33N3O4S. The Balaban J connectivity index is 1.86. The summed E-state index contributed by atoms with van der Waals surface area (Å²) >= 11 is 1.47. The summed E-state index contributed by atoms with van der Waals surface area (Å²) in [7, 11) is 3.14. The van der Waals surface area contributed by atoms with Crippen LogP contribution in [0.5, 0.6) is 11.5 Å². The zero-order valence-electron chi connectivity index (χ0n) is 22.6. The lowest BCUT2D eigenvalue weighted by molar-refractivity contribution is 0.0949. The first kappa shape index (κ1) is 27.3. The molecule has 0 aliphatic heterocycles. The van der Waals surface area contributed by atoms with E-state index in [1.54, 1.807) is 55.2 Å². The predicted molar refractivity (Wildman–Crippen MR) is 153 cm³/mol. The van der Waals surface area contributed by atoms with Gasteiger partial charge in [-0.2, -0.15) is 0 Å². The zero-order chi connectivity index (χ0) is 27.4. The molecule has 38 heavy (non-hydrogen) atoms. The Hall–Kier alpha value is -3.78. The molecule has 0 unspecified atom stereocenters. The van der Waals surface area contributed by atoms with Crippen LogP contribution in [-0.2, 0) is 5.75 Å². The van der Waals surface area contributed by atoms with E-state index in [2.05, 4.69) is 37.4 Å². The molecule has 1 aromatic heterocycles. The van der Waals surface area contributed by atoms with Gasteiger partial charge in [-0.05, 0) is 49.1 Å². The maximum Gasteiger partial charge on any atom is 0.266 e. The van der Waals surface area contributed by atoms with E-state index in [1.807, 2.05) is 13.8 Å². The van der Waals surface area contributed by atoms with Crippen LogP contribution in [-0.4, -0.2) is 36.2 Å². The maximum atomic E-state index is 13.9. The van der Waals surface area contributed by atoms with Crippen LogP contribution in [0.15, 0.2) is 64.5 Å². The smallest absolute Gasteiger partial charge is 0.266 e. The number of thioether (sulfide) groups is 1. The molecule has 0 radical (unpaired) electrons. The molecule has 4 aromatic rings. The lowest BCUT2D eigenvalue weighted by Crippen LogP contribution is -2.27. The molecule has 198 valence electrons. The van der Waals surface area contributed by atoms with Crippen LogP contribution in [0, 0.1) is 19.8 Å². The normalized spacial score (nSPS) is 11.1. The van der Waals surface area contributed by atoms with Gasteiger partial charge in [0.15, 0.2) is 5.16 Å². The zero-order valence-corrected chi connectivity index (χ0v) is 23.4. The van der Waals surface area contributed by atoms with Crippen LogP contribution in [0.4, 0.5) is 0 Å². The first-order valence-electron chi connectivity index (χ1n) is 12.5. The van der Waals surface area contributed by atoms with Crippen molar-refractivity contribution in [3.63, 3.8) is 0 Å². The van der Waals surface area contributed by atoms with Crippen molar-refractivity contribution < 1.29 is 14.3 Å². The summed E-state index contributed by atoms with van der Waals surface area (Å²) in [5, 5.41) is 3.86. The molecule has 0 aliphatic carbocycles. The number of aromatic nitrogens is 2. The van der Waals surface area contributed by atoms with Gasteiger partial charge in [0.2, 0.25) is 0 Å². The molecule has 8 heteroatoms. The van der Waals surface area contributed by atoms with Crippen LogP contribution in [0.1, 0.15) is 40.9 Å². The van der Waals surface area contributed by atoms with Gasteiger partial charge in [-0.3, -0.25) is 14.2 Å². The van der Waals surface area contributed by atoms with Crippen LogP contribution < -0.4 is 20.3 Å². The Bertz CT molecular complexity index is 1520. The number of ether oxygens (including phenoxy) is 2. The monoisotopic (exact) mass is 531 g/mol. The Morgan fingerprint density at radius 1 is 1.00 bits per heavy atom. The van der Waals surface area contributed by atoms with Crippen molar-refractivity contribution in [1.82, 2.24) is 14.9 Å². The number of methoxy groups -OCH3 is 2. The average molecular weight is 532 g/mol. The number of nitrogens with one attached hydrogen (secondary N) is 1. The number of carbonyl (C=O) groups excluding carboxylic acids is 1. The fourth-order valence-corrected chi connectivity index (χ4v) is 5.13. The first-order chi connectivity index (χ1) is 18.2. The molecule has 4 rings (SSSR count). The molecule has 0 fully saturated rings. The van der Waals surface area contributed by atoms with Gasteiger partial charge >= 0.3 is 0 Å². The fourth-order valence-electron chi connectivity index (χ4n) is 4.05. The fraction of sp³-hybridized carbons (Fsp3) is 0.300. The van der Waals surface area contributed by atoms with E-state index in [4.69, 9.17) is 14.5 Å². The largest absolute Gasteiger partial charge is 0.497 e. The Labute approximate surface area is 227 Å². The molecule has 1 N–H and O–H groups in total. The number of amides is 1. The molecular weight excluding hydrogens is 498 g/mol. The second-order valence-corrected chi connectivity index (χ2v) is 10.6. The van der Waals surface area contributed by atoms with Crippen LogP contribution >= 0.6 is 11.8 Å². The third-order valence-electron chi connectivity index (χ3n) is 6.23. The summed E-state index contributed by atoms with van der Waals surface area (Å²) in [6.07, 6.45) is 0. The van der Waals surface area contributed by atoms with Crippen molar-refractivity contribution in [1.29, 1.82) is 0 Å². The number of carbonyl (C=O) groups is 1. The molecule has 1 amide bonds. The number of benzene rings is 3. The Morgan fingerprint density at radius 2 is 1.71 bits per heavy atom. The van der Waals surface area contributed by atoms with E-state index in [0.29, 0.717) is 57.0 Å². The van der Waals surface area contributed by atoms with Crippen molar-refractivity contribution in [2.24, 2.45) is 5.92 Å². The van der Waals surface area contributed by atoms with Crippen molar-refractivity contribution >= 4 is 28.6 Å². The van der Waals surface area contributed by atoms with Gasteiger partial charge in [-0.25, -0.2) is 4.98 Å². The minimum Gasteiger partial charge on any atom is -0.497 e. The molecule has 0 saturated heterocycles. The molecule has 0 bridgehead atoms. The third-order valence-corrected chi connectivity index (χ3v) is 7.21. The Kier molecular flexibility index (Phi) is 8.42. The summed E-state index contributed by atoms with van der Waals surface area (Å²) in [6, 6.07) is 16.7. The molecule has 0 aliphatic rings. The average Bonchev–Trinajstić information content (AvgIpc) is 2.91. The molecule has 3 aromatic carbocycles. The van der Waals surface area contributed by atoms with Crippen molar-refractivity contribution in [2.75, 3.05) is 20.8 Å². The van der Waals surface area contributed by atoms with Crippen LogP contribution in [0.2, 0.25) is 0 Å². The number of nitrogens with zero attached hydrogens (tertiary/aromatic N) is 2. The highest BCUT2D eigenvalue weighted by molar-refractivity contribution is 7.98. The van der Waals surface area contributed by atoms with E-state index < -0.39 is 0 Å². The standard InChI is InChI=1S/C30H33N3O4S/c1-18(2)16-31-28(34)21-9-10-26-27(12-21)32-30(38-17-22-11-19(3)7-8-20(22)4)33(29(26)35)23-13-24(36-5)15-25(14-23)37-6/h7-15,18H,16-17H2,1-6H3,(H,31,34). The molecule has 1 heterocycles. The highest BCUT2D eigenvalue weighted by Gasteiger charge is 2.17. The molecule has 7 nitrogen and oxygen atoms in total. The highest BCUT2D eigenvalue weighted by Crippen LogP contribution is 2.30. The highest BCUT2D eigenvalue weighted by atomic mass is 32.2. The molecule has 0 spiro atoms. The number of fused-ring (bicyclic) bond motifs is 1. The number of rotatable bonds is 9. The quantitative estimate of drug-likeness (QED) is 0.220. The van der Waals surface area contributed by atoms with Gasteiger partial charge < -0.3 is 14.8 Å². The minimum absolute atomic E-state index is 0.186. The van der Waals surface area contributed by atoms with Gasteiger partial charge in [0, 0.05) is 36.1 Å². The summed E-state index contributed by atoms with van der Waals surface area (Å²) in [4.78, 5) is 31.5. The number of aryl methyl sites for hydroxylation is 2. The summed E-state index contributed by atoms with van der Waals surface area (Å²) in [6.45, 7) is 8.79. The first-order valence-corrected chi connectivity index (χ1v) is 13.5. The minimum atomic E-state index is -0.233. The summed E-state index contributed by atoms with van der Waals surface area (Å²) in [5.41, 5.74) is 4.80.